The lowest BCUT2D eigenvalue weighted by atomic mass is 10.1. The van der Waals surface area contributed by atoms with Gasteiger partial charge in [-0.1, -0.05) is 6.92 Å². The smallest absolute Gasteiger partial charge is 0.410 e. The van der Waals surface area contributed by atoms with Crippen molar-refractivity contribution in [3.63, 3.8) is 0 Å². The first-order valence-electron chi connectivity index (χ1n) is 8.92. The second-order valence-electron chi connectivity index (χ2n) is 6.46. The molecule has 1 fully saturated rings. The number of hydrogen-bond acceptors (Lipinski definition) is 8. The van der Waals surface area contributed by atoms with Gasteiger partial charge in [0.05, 0.1) is 11.0 Å². The zero-order chi connectivity index (χ0) is 21.6. The van der Waals surface area contributed by atoms with Gasteiger partial charge in [-0.05, 0) is 29.9 Å². The zero-order valence-electron chi connectivity index (χ0n) is 16.1. The van der Waals surface area contributed by atoms with E-state index in [4.69, 9.17) is 10.00 Å². The maximum Gasteiger partial charge on any atom is 0.410 e. The molecule has 3 atom stereocenters. The minimum Gasteiger partial charge on any atom is -0.445 e. The fourth-order valence-corrected chi connectivity index (χ4v) is 4.58. The summed E-state index contributed by atoms with van der Waals surface area (Å²) in [4.78, 5) is 38.0. The Balaban J connectivity index is 2.09. The van der Waals surface area contributed by atoms with E-state index in [-0.39, 0.29) is 23.5 Å². The molecule has 0 aromatic heterocycles. The van der Waals surface area contributed by atoms with E-state index in [1.165, 1.54) is 48.0 Å². The van der Waals surface area contributed by atoms with Crippen molar-refractivity contribution in [2.45, 2.75) is 36.5 Å². The van der Waals surface area contributed by atoms with Crippen LogP contribution in [0.5, 0.6) is 0 Å². The minimum absolute atomic E-state index is 0.0443. The number of likely N-dealkylation sites (tertiary alicyclic amines) is 1. The van der Waals surface area contributed by atoms with Crippen molar-refractivity contribution in [1.82, 2.24) is 9.80 Å². The lowest BCUT2D eigenvalue weighted by Crippen LogP contribution is -2.48. The summed E-state index contributed by atoms with van der Waals surface area (Å²) in [6.45, 7) is 2.19. The predicted octanol–water partition coefficient (Wildman–Crippen LogP) is 2.67. The monoisotopic (exact) mass is 438 g/mol. The highest BCUT2D eigenvalue weighted by molar-refractivity contribution is 8.00. The van der Waals surface area contributed by atoms with Crippen LogP contribution in [0.1, 0.15) is 18.9 Å². The predicted molar refractivity (Wildman–Crippen MR) is 111 cm³/mol. The summed E-state index contributed by atoms with van der Waals surface area (Å²) in [6.07, 6.45) is 1.74. The quantitative estimate of drug-likeness (QED) is 0.229. The van der Waals surface area contributed by atoms with Gasteiger partial charge in [0.25, 0.3) is 11.6 Å². The molecule has 0 saturated carbocycles. The molecule has 1 aliphatic heterocycles. The Labute approximate surface area is 178 Å². The SMILES string of the molecule is CCSC(C(=O)N(C)C#N)[C@@H]1C[C@H](S)CN1C(=O)OCc1ccc([N+](=O)[O-])cc1. The fraction of sp³-hybridized carbons (Fsp3) is 0.500. The maximum absolute atomic E-state index is 12.7. The van der Waals surface area contributed by atoms with Crippen LogP contribution < -0.4 is 0 Å². The third-order valence-electron chi connectivity index (χ3n) is 4.48. The molecule has 0 radical (unpaired) electrons. The average Bonchev–Trinajstić information content (AvgIpc) is 3.10. The summed E-state index contributed by atoms with van der Waals surface area (Å²) >= 11 is 5.85. The number of amides is 2. The Morgan fingerprint density at radius 2 is 2.14 bits per heavy atom. The van der Waals surface area contributed by atoms with Crippen molar-refractivity contribution in [2.75, 3.05) is 19.3 Å². The van der Waals surface area contributed by atoms with Gasteiger partial charge in [-0.2, -0.15) is 17.9 Å². The van der Waals surface area contributed by atoms with Crippen LogP contribution in [-0.4, -0.2) is 62.6 Å². The third-order valence-corrected chi connectivity index (χ3v) is 6.07. The first-order chi connectivity index (χ1) is 13.8. The van der Waals surface area contributed by atoms with Crippen molar-refractivity contribution < 1.29 is 19.2 Å². The van der Waals surface area contributed by atoms with E-state index in [1.807, 2.05) is 13.1 Å². The highest BCUT2D eigenvalue weighted by Gasteiger charge is 2.43. The molecule has 0 bridgehead atoms. The van der Waals surface area contributed by atoms with Crippen LogP contribution in [0.3, 0.4) is 0 Å². The number of rotatable bonds is 7. The van der Waals surface area contributed by atoms with Crippen molar-refractivity contribution in [3.05, 3.63) is 39.9 Å². The number of benzene rings is 1. The van der Waals surface area contributed by atoms with Crippen LogP contribution in [0.2, 0.25) is 0 Å². The number of carbonyl (C=O) groups excluding carboxylic acids is 2. The van der Waals surface area contributed by atoms with Gasteiger partial charge in [-0.15, -0.1) is 11.8 Å². The second kappa shape index (κ2) is 10.4. The number of non-ortho nitro benzene ring substituents is 1. The van der Waals surface area contributed by atoms with Gasteiger partial charge < -0.3 is 9.64 Å². The number of hydrogen-bond donors (Lipinski definition) is 1. The van der Waals surface area contributed by atoms with E-state index in [1.54, 1.807) is 0 Å². The van der Waals surface area contributed by atoms with E-state index < -0.39 is 22.3 Å². The minimum atomic E-state index is -0.589. The lowest BCUT2D eigenvalue weighted by molar-refractivity contribution is -0.384. The van der Waals surface area contributed by atoms with E-state index in [0.717, 1.165) is 4.90 Å². The molecule has 11 heteroatoms. The van der Waals surface area contributed by atoms with E-state index in [2.05, 4.69) is 12.6 Å². The normalized spacial score (nSPS) is 19.3. The summed E-state index contributed by atoms with van der Waals surface area (Å²) in [5.41, 5.74) is 0.569. The Hall–Kier alpha value is -2.45. The van der Waals surface area contributed by atoms with Crippen LogP contribution in [-0.2, 0) is 16.1 Å². The molecule has 156 valence electrons. The van der Waals surface area contributed by atoms with E-state index >= 15 is 0 Å². The second-order valence-corrected chi connectivity index (χ2v) is 8.61. The molecule has 0 spiro atoms. The zero-order valence-corrected chi connectivity index (χ0v) is 17.8. The molecule has 0 aliphatic carbocycles. The van der Waals surface area contributed by atoms with Crippen LogP contribution in [0.25, 0.3) is 0 Å². The summed E-state index contributed by atoms with van der Waals surface area (Å²) in [5.74, 6) is 0.287. The highest BCUT2D eigenvalue weighted by atomic mass is 32.2. The number of thiol groups is 1. The number of nitro groups is 1. The highest BCUT2D eigenvalue weighted by Crippen LogP contribution is 2.32. The molecule has 2 amide bonds. The van der Waals surface area contributed by atoms with Gasteiger partial charge in [0.1, 0.15) is 11.9 Å². The van der Waals surface area contributed by atoms with Crippen molar-refractivity contribution in [1.29, 1.82) is 5.26 Å². The lowest BCUT2D eigenvalue weighted by Gasteiger charge is -2.30. The largest absolute Gasteiger partial charge is 0.445 e. The molecule has 9 nitrogen and oxygen atoms in total. The van der Waals surface area contributed by atoms with Crippen LogP contribution in [0.4, 0.5) is 10.5 Å². The number of nitrogens with zero attached hydrogens (tertiary/aromatic N) is 4. The molecular formula is C18H22N4O5S2. The number of carbonyl (C=O) groups is 2. The van der Waals surface area contributed by atoms with Crippen LogP contribution in [0.15, 0.2) is 24.3 Å². The summed E-state index contributed by atoms with van der Waals surface area (Å²) < 4.78 is 5.37. The van der Waals surface area contributed by atoms with Gasteiger partial charge >= 0.3 is 6.09 Å². The third kappa shape index (κ3) is 5.77. The van der Waals surface area contributed by atoms with Crippen molar-refractivity contribution in [3.8, 4) is 6.19 Å². The first kappa shape index (κ1) is 22.8. The van der Waals surface area contributed by atoms with Crippen molar-refractivity contribution in [2.24, 2.45) is 0 Å². The van der Waals surface area contributed by atoms with Crippen molar-refractivity contribution >= 4 is 42.1 Å². The first-order valence-corrected chi connectivity index (χ1v) is 10.5. The molecule has 1 aromatic rings. The summed E-state index contributed by atoms with van der Waals surface area (Å²) in [6, 6.07) is 5.30. The topological polar surface area (TPSA) is 117 Å². The average molecular weight is 439 g/mol. The van der Waals surface area contributed by atoms with Gasteiger partial charge in [0, 0.05) is 31.0 Å². The van der Waals surface area contributed by atoms with Crippen LogP contribution >= 0.6 is 24.4 Å². The molecule has 1 saturated heterocycles. The Bertz CT molecular complexity index is 798. The standard InChI is InChI=1S/C18H22N4O5S2/c1-3-29-16(17(23)20(2)11-19)15-8-14(28)9-21(15)18(24)27-10-12-4-6-13(7-5-12)22(25)26/h4-7,14-16,28H,3,8-10H2,1-2H3/t14-,15-,16?/m0/s1. The fourth-order valence-electron chi connectivity index (χ4n) is 3.05. The van der Waals surface area contributed by atoms with E-state index in [9.17, 15) is 19.7 Å². The van der Waals surface area contributed by atoms with Gasteiger partial charge in [-0.25, -0.2) is 4.79 Å². The van der Waals surface area contributed by atoms with Gasteiger partial charge in [0.15, 0.2) is 6.19 Å². The number of nitro benzene ring substituents is 1. The molecule has 1 aromatic carbocycles. The maximum atomic E-state index is 12.7. The molecular weight excluding hydrogens is 416 g/mol. The summed E-state index contributed by atoms with van der Waals surface area (Å²) in [7, 11) is 1.40. The summed E-state index contributed by atoms with van der Waals surface area (Å²) in [5, 5.41) is 19.1. The molecule has 0 N–H and O–H groups in total. The Kier molecular flexibility index (Phi) is 8.16. The molecule has 1 unspecified atom stereocenters. The molecule has 1 heterocycles. The van der Waals surface area contributed by atoms with Gasteiger partial charge in [-0.3, -0.25) is 19.8 Å². The number of ether oxygens (including phenoxy) is 1. The molecule has 29 heavy (non-hydrogen) atoms. The number of nitriles is 1. The Morgan fingerprint density at radius 3 is 2.69 bits per heavy atom. The molecule has 2 rings (SSSR count). The molecule has 1 aliphatic rings. The van der Waals surface area contributed by atoms with Crippen LogP contribution in [0, 0.1) is 21.6 Å². The van der Waals surface area contributed by atoms with E-state index in [0.29, 0.717) is 24.3 Å². The number of thioether (sulfide) groups is 1. The van der Waals surface area contributed by atoms with Gasteiger partial charge in [0.2, 0.25) is 0 Å². The Morgan fingerprint density at radius 1 is 1.48 bits per heavy atom.